The molecule has 2 aromatic heterocycles. The van der Waals surface area contributed by atoms with Crippen molar-refractivity contribution in [1.82, 2.24) is 9.13 Å². The van der Waals surface area contributed by atoms with Crippen LogP contribution in [0, 0.1) is 29.6 Å². The van der Waals surface area contributed by atoms with Gasteiger partial charge in [-0.2, -0.15) is 10.5 Å². The van der Waals surface area contributed by atoms with E-state index in [1.807, 2.05) is 43.3 Å². The molecule has 0 aliphatic rings. The zero-order valence-corrected chi connectivity index (χ0v) is 20.1. The summed E-state index contributed by atoms with van der Waals surface area (Å²) >= 11 is 0. The van der Waals surface area contributed by atoms with Crippen LogP contribution in [0.15, 0.2) is 103 Å². The molecule has 37 heavy (non-hydrogen) atoms. The van der Waals surface area contributed by atoms with E-state index in [4.69, 9.17) is 0 Å². The first-order valence-corrected chi connectivity index (χ1v) is 12.2. The highest BCUT2D eigenvalue weighted by molar-refractivity contribution is 6.28. The molecule has 0 saturated heterocycles. The molecule has 0 atom stereocenters. The van der Waals surface area contributed by atoms with E-state index in [0.29, 0.717) is 11.1 Å². The van der Waals surface area contributed by atoms with Crippen molar-refractivity contribution in [3.8, 4) is 23.5 Å². The minimum absolute atomic E-state index is 0.646. The molecule has 0 aliphatic carbocycles. The summed E-state index contributed by atoms with van der Waals surface area (Å²) in [6.45, 7) is 1.99. The second-order valence-electron chi connectivity index (χ2n) is 9.33. The monoisotopic (exact) mass is 472 g/mol. The van der Waals surface area contributed by atoms with Crippen molar-refractivity contribution in [1.29, 1.82) is 10.5 Å². The summed E-state index contributed by atoms with van der Waals surface area (Å²) in [5.41, 5.74) is 8.87. The number of hydrogen-bond acceptors (Lipinski definition) is 2. The van der Waals surface area contributed by atoms with E-state index in [1.54, 1.807) is 0 Å². The number of hydrogen-bond donors (Lipinski definition) is 0. The van der Waals surface area contributed by atoms with Gasteiger partial charge in [0.1, 0.15) is 0 Å². The van der Waals surface area contributed by atoms with Crippen molar-refractivity contribution in [3.63, 3.8) is 0 Å². The average molecular weight is 473 g/mol. The Hall–Kier alpha value is -5.32. The third kappa shape index (κ3) is 2.94. The van der Waals surface area contributed by atoms with Gasteiger partial charge in [0.25, 0.3) is 0 Å². The normalized spacial score (nSPS) is 11.3. The van der Waals surface area contributed by atoms with Crippen LogP contribution in [-0.2, 0) is 0 Å². The topological polar surface area (TPSA) is 57.4 Å². The molecule has 7 rings (SSSR count). The van der Waals surface area contributed by atoms with Crippen LogP contribution >= 0.6 is 0 Å². The van der Waals surface area contributed by atoms with E-state index in [0.717, 1.165) is 39.0 Å². The molecular weight excluding hydrogens is 452 g/mol. The molecule has 0 N–H and O–H groups in total. The number of fused-ring (bicyclic) bond motifs is 7. The summed E-state index contributed by atoms with van der Waals surface area (Å²) in [6.07, 6.45) is 0. The summed E-state index contributed by atoms with van der Waals surface area (Å²) in [6, 6.07) is 39.7. The Balaban J connectivity index is 1.65. The molecule has 0 amide bonds. The summed E-state index contributed by atoms with van der Waals surface area (Å²) in [7, 11) is 0. The number of aryl methyl sites for hydroxylation is 1. The first-order chi connectivity index (χ1) is 18.2. The predicted octanol–water partition coefficient (Wildman–Crippen LogP) is 7.93. The molecule has 4 heteroatoms. The zero-order chi connectivity index (χ0) is 25.1. The third-order valence-corrected chi connectivity index (χ3v) is 7.31. The molecule has 7 aromatic rings. The van der Waals surface area contributed by atoms with Gasteiger partial charge in [-0.3, -0.25) is 0 Å². The fourth-order valence-corrected chi connectivity index (χ4v) is 5.67. The summed E-state index contributed by atoms with van der Waals surface area (Å²) < 4.78 is 4.58. The van der Waals surface area contributed by atoms with Crippen molar-refractivity contribution in [3.05, 3.63) is 120 Å². The van der Waals surface area contributed by atoms with Crippen LogP contribution in [-0.4, -0.2) is 9.13 Å². The number of nitriles is 2. The maximum Gasteiger partial charge on any atom is 0.0994 e. The smallest absolute Gasteiger partial charge is 0.0994 e. The Morgan fingerprint density at radius 1 is 0.541 bits per heavy atom. The molecule has 0 aliphatic heterocycles. The SMILES string of the molecule is Cc1cc(-n2c3ccccc3c3c4c5ccccc5n(-c5ccc(C#N)cc5)c4ccc32)ccc1C#N. The zero-order valence-electron chi connectivity index (χ0n) is 20.1. The maximum atomic E-state index is 9.45. The van der Waals surface area contributed by atoms with Crippen LogP contribution in [0.1, 0.15) is 16.7 Å². The number of nitrogens with zero attached hydrogens (tertiary/aromatic N) is 4. The summed E-state index contributed by atoms with van der Waals surface area (Å²) in [4.78, 5) is 0. The Labute approximate surface area is 213 Å². The van der Waals surface area contributed by atoms with Crippen molar-refractivity contribution < 1.29 is 0 Å². The lowest BCUT2D eigenvalue weighted by Crippen LogP contribution is -1.96. The van der Waals surface area contributed by atoms with Crippen LogP contribution in [0.3, 0.4) is 0 Å². The van der Waals surface area contributed by atoms with Gasteiger partial charge in [-0.1, -0.05) is 36.4 Å². The summed E-state index contributed by atoms with van der Waals surface area (Å²) in [5, 5.41) is 23.5. The Morgan fingerprint density at radius 3 is 1.62 bits per heavy atom. The molecule has 4 nitrogen and oxygen atoms in total. The van der Waals surface area contributed by atoms with E-state index >= 15 is 0 Å². The standard InChI is InChI=1S/C33H20N4/c1-21-18-25(15-12-23(21)20-35)37-29-9-5-3-7-27(29)33-31(37)17-16-30-32(33)26-6-2-4-8-28(26)36(30)24-13-10-22(19-34)11-14-24/h2-18H,1H3. The van der Waals surface area contributed by atoms with E-state index in [2.05, 4.69) is 88.0 Å². The summed E-state index contributed by atoms with van der Waals surface area (Å²) in [5.74, 6) is 0. The van der Waals surface area contributed by atoms with E-state index in [9.17, 15) is 10.5 Å². The molecule has 0 radical (unpaired) electrons. The second kappa shape index (κ2) is 7.85. The number of rotatable bonds is 2. The van der Waals surface area contributed by atoms with Crippen LogP contribution in [0.25, 0.3) is 55.0 Å². The fraction of sp³-hybridized carbons (Fsp3) is 0.0303. The molecule has 0 bridgehead atoms. The van der Waals surface area contributed by atoms with Crippen LogP contribution < -0.4 is 0 Å². The lowest BCUT2D eigenvalue weighted by Gasteiger charge is -2.10. The van der Waals surface area contributed by atoms with Gasteiger partial charge in [0, 0.05) is 32.9 Å². The van der Waals surface area contributed by atoms with Gasteiger partial charge in [-0.15, -0.1) is 0 Å². The fourth-order valence-electron chi connectivity index (χ4n) is 5.67. The number of para-hydroxylation sites is 2. The van der Waals surface area contributed by atoms with Crippen molar-refractivity contribution in [2.24, 2.45) is 0 Å². The van der Waals surface area contributed by atoms with Gasteiger partial charge >= 0.3 is 0 Å². The highest BCUT2D eigenvalue weighted by atomic mass is 15.0. The van der Waals surface area contributed by atoms with Gasteiger partial charge in [0.2, 0.25) is 0 Å². The lowest BCUT2D eigenvalue weighted by atomic mass is 10.1. The number of benzene rings is 5. The quantitative estimate of drug-likeness (QED) is 0.256. The molecule has 5 aromatic carbocycles. The molecule has 0 saturated carbocycles. The number of aromatic nitrogens is 2. The maximum absolute atomic E-state index is 9.45. The molecule has 0 fully saturated rings. The van der Waals surface area contributed by atoms with Crippen LogP contribution in [0.2, 0.25) is 0 Å². The highest BCUT2D eigenvalue weighted by Gasteiger charge is 2.20. The van der Waals surface area contributed by atoms with Crippen molar-refractivity contribution in [2.75, 3.05) is 0 Å². The highest BCUT2D eigenvalue weighted by Crippen LogP contribution is 2.42. The lowest BCUT2D eigenvalue weighted by molar-refractivity contribution is 1.16. The average Bonchev–Trinajstić information content (AvgIpc) is 3.46. The minimum atomic E-state index is 0.646. The molecule has 172 valence electrons. The van der Waals surface area contributed by atoms with Gasteiger partial charge in [-0.25, -0.2) is 0 Å². The van der Waals surface area contributed by atoms with Crippen LogP contribution in [0.5, 0.6) is 0 Å². The van der Waals surface area contributed by atoms with Gasteiger partial charge < -0.3 is 9.13 Å². The van der Waals surface area contributed by atoms with Crippen molar-refractivity contribution >= 4 is 43.6 Å². The molecule has 0 spiro atoms. The Bertz CT molecular complexity index is 2110. The van der Waals surface area contributed by atoms with E-state index in [-0.39, 0.29) is 0 Å². The van der Waals surface area contributed by atoms with Crippen molar-refractivity contribution in [2.45, 2.75) is 6.92 Å². The largest absolute Gasteiger partial charge is 0.309 e. The second-order valence-corrected chi connectivity index (χ2v) is 9.33. The van der Waals surface area contributed by atoms with E-state index < -0.39 is 0 Å². The Morgan fingerprint density at radius 2 is 1.08 bits per heavy atom. The van der Waals surface area contributed by atoms with Gasteiger partial charge in [-0.05, 0) is 79.2 Å². The Kier molecular flexibility index (Phi) is 4.46. The van der Waals surface area contributed by atoms with Crippen LogP contribution in [0.4, 0.5) is 0 Å². The minimum Gasteiger partial charge on any atom is -0.309 e. The van der Waals surface area contributed by atoms with Gasteiger partial charge in [0.15, 0.2) is 0 Å². The predicted molar refractivity (Wildman–Crippen MR) is 149 cm³/mol. The first-order valence-electron chi connectivity index (χ1n) is 12.2. The third-order valence-electron chi connectivity index (χ3n) is 7.31. The van der Waals surface area contributed by atoms with Gasteiger partial charge in [0.05, 0.1) is 45.3 Å². The molecule has 2 heterocycles. The first kappa shape index (κ1) is 21.0. The van der Waals surface area contributed by atoms with E-state index in [1.165, 1.54) is 21.5 Å². The molecule has 0 unspecified atom stereocenters. The molecular formula is C33H20N4.